The normalized spacial score (nSPS) is 13.6. The molecule has 0 spiro atoms. The van der Waals surface area contributed by atoms with Crippen LogP contribution < -0.4 is 53.2 Å². The Morgan fingerprint density at radius 1 is 1.07 bits per heavy atom. The highest BCUT2D eigenvalue weighted by Crippen LogP contribution is 2.43. The molecule has 5 rings (SSSR count). The Balaban J connectivity index is 0.00000180. The molecule has 0 saturated heterocycles. The Bertz CT molecular complexity index is 1070. The third-order valence-electron chi connectivity index (χ3n) is 5.15. The lowest BCUT2D eigenvalue weighted by atomic mass is 9.96. The third-order valence-corrected chi connectivity index (χ3v) is 5.15. The average molecular weight is 480 g/mol. The van der Waals surface area contributed by atoms with Gasteiger partial charge in [0.05, 0.1) is 25.2 Å². The van der Waals surface area contributed by atoms with Gasteiger partial charge in [0, 0.05) is 29.6 Å². The van der Waals surface area contributed by atoms with E-state index in [1.54, 1.807) is 14.2 Å². The smallest absolute Gasteiger partial charge is 0.231 e. The number of benzene rings is 2. The molecule has 2 aromatic carbocycles. The van der Waals surface area contributed by atoms with E-state index < -0.39 is 0 Å². The minimum atomic E-state index is 0. The van der Waals surface area contributed by atoms with Crippen LogP contribution in [0.1, 0.15) is 5.56 Å². The largest absolute Gasteiger partial charge is 1.00 e. The number of nitrogen functional groups attached to an aromatic ring is 1. The van der Waals surface area contributed by atoms with Crippen molar-refractivity contribution in [2.75, 3.05) is 26.7 Å². The van der Waals surface area contributed by atoms with Gasteiger partial charge >= 0.3 is 0 Å². The molecule has 0 radical (unpaired) electrons. The van der Waals surface area contributed by atoms with Crippen molar-refractivity contribution in [3.8, 4) is 34.3 Å². The van der Waals surface area contributed by atoms with Crippen molar-refractivity contribution in [1.29, 1.82) is 0 Å². The molecule has 140 valence electrons. The van der Waals surface area contributed by atoms with Crippen LogP contribution in [0.5, 0.6) is 23.0 Å². The summed E-state index contributed by atoms with van der Waals surface area (Å²) in [6, 6.07) is 8.07. The molecule has 3 heterocycles. The summed E-state index contributed by atoms with van der Waals surface area (Å²) in [5.41, 5.74) is 10.5. The quantitative estimate of drug-likeness (QED) is 0.310. The number of ether oxygens (including phenoxy) is 4. The Kier molecular flexibility index (Phi) is 4.41. The average Bonchev–Trinajstić information content (AvgIpc) is 3.12. The van der Waals surface area contributed by atoms with Crippen molar-refractivity contribution in [3.63, 3.8) is 0 Å². The molecule has 3 aromatic rings. The highest BCUT2D eigenvalue weighted by molar-refractivity contribution is 6.00. The number of rotatable bonds is 2. The van der Waals surface area contributed by atoms with E-state index in [1.165, 1.54) is 5.56 Å². The Morgan fingerprint density at radius 2 is 1.85 bits per heavy atom. The number of fused-ring (bicyclic) bond motifs is 5. The van der Waals surface area contributed by atoms with Crippen molar-refractivity contribution in [2.24, 2.45) is 0 Å². The van der Waals surface area contributed by atoms with Crippen molar-refractivity contribution < 1.29 is 47.5 Å². The highest BCUT2D eigenvalue weighted by Gasteiger charge is 2.29. The van der Waals surface area contributed by atoms with Gasteiger partial charge in [-0.15, -0.1) is 0 Å². The van der Waals surface area contributed by atoms with Crippen LogP contribution in [0, 0.1) is 0 Å². The first-order chi connectivity index (χ1) is 12.7. The minimum absolute atomic E-state index is 0. The second-order valence-corrected chi connectivity index (χ2v) is 6.49. The SMILES string of the molecule is COc1cc(N)c2cc3[n+]([14cH]c2c1OC)CCc1cc2c(cc1-3)OCO2.[I-]. The maximum Gasteiger partial charge on any atom is 0.231 e. The topological polar surface area (TPSA) is 66.8 Å². The summed E-state index contributed by atoms with van der Waals surface area (Å²) >= 11 is 0. The first kappa shape index (κ1) is 18.0. The number of anilines is 1. The number of methoxy groups -OCH3 is 2. The van der Waals surface area contributed by atoms with Gasteiger partial charge in [-0.25, -0.2) is 0 Å². The lowest BCUT2D eigenvalue weighted by Crippen LogP contribution is -3.00. The first-order valence-corrected chi connectivity index (χ1v) is 8.50. The molecule has 2 aliphatic heterocycles. The zero-order valence-corrected chi connectivity index (χ0v) is 17.2. The van der Waals surface area contributed by atoms with Crippen molar-refractivity contribution >= 4 is 16.5 Å². The van der Waals surface area contributed by atoms with Crippen LogP contribution in [0.3, 0.4) is 0 Å². The molecule has 0 amide bonds. The van der Waals surface area contributed by atoms with Gasteiger partial charge in [-0.3, -0.25) is 0 Å². The lowest BCUT2D eigenvalue weighted by Gasteiger charge is -2.18. The third kappa shape index (κ3) is 2.63. The van der Waals surface area contributed by atoms with Crippen LogP contribution in [-0.2, 0) is 13.0 Å². The number of aromatic nitrogens is 1. The fourth-order valence-corrected chi connectivity index (χ4v) is 3.88. The summed E-state index contributed by atoms with van der Waals surface area (Å²) in [7, 11) is 3.26. The molecule has 0 fully saturated rings. The van der Waals surface area contributed by atoms with Gasteiger partial charge in [0.25, 0.3) is 0 Å². The van der Waals surface area contributed by atoms with E-state index in [4.69, 9.17) is 24.7 Å². The lowest BCUT2D eigenvalue weighted by molar-refractivity contribution is -0.686. The molecule has 0 atom stereocenters. The molecule has 7 heteroatoms. The van der Waals surface area contributed by atoms with E-state index in [-0.39, 0.29) is 30.8 Å². The summed E-state index contributed by atoms with van der Waals surface area (Å²) in [6.07, 6.45) is 3.02. The number of nitrogens with zero attached hydrogens (tertiary/aromatic N) is 1. The molecular formula is C20H19IN2O4. The van der Waals surface area contributed by atoms with Crippen LogP contribution in [0.4, 0.5) is 5.69 Å². The molecule has 0 bridgehead atoms. The zero-order chi connectivity index (χ0) is 17.8. The number of hydrogen-bond acceptors (Lipinski definition) is 5. The predicted molar refractivity (Wildman–Crippen MR) is 96.9 cm³/mol. The summed E-state index contributed by atoms with van der Waals surface area (Å²) in [5, 5.41) is 1.89. The standard InChI is InChI=1S/C20H19N2O4.HI/c1-23-19-8-15(21)13-6-16-12-7-18-17(25-10-26-18)5-11(12)3-4-22(16)9-14(13)20(19)24-2;/h5-9H,3-4,10,21H2,1-2H3;1H/q+1;/p-1/i9+2;. The molecule has 2 aliphatic rings. The van der Waals surface area contributed by atoms with E-state index in [9.17, 15) is 0 Å². The van der Waals surface area contributed by atoms with Crippen LogP contribution in [0.15, 0.2) is 30.5 Å². The molecule has 0 saturated carbocycles. The van der Waals surface area contributed by atoms with E-state index in [0.29, 0.717) is 17.2 Å². The zero-order valence-electron chi connectivity index (χ0n) is 15.0. The van der Waals surface area contributed by atoms with Gasteiger partial charge < -0.3 is 48.7 Å². The number of halogens is 1. The number of aryl methyl sites for hydroxylation is 2. The van der Waals surface area contributed by atoms with Gasteiger partial charge in [0.1, 0.15) is 0 Å². The molecule has 27 heavy (non-hydrogen) atoms. The van der Waals surface area contributed by atoms with Gasteiger partial charge in [-0.05, 0) is 17.7 Å². The molecule has 6 nitrogen and oxygen atoms in total. The Hall–Kier alpha value is -2.42. The fraction of sp³-hybridized carbons (Fsp3) is 0.250. The second-order valence-electron chi connectivity index (χ2n) is 6.49. The fourth-order valence-electron chi connectivity index (χ4n) is 3.88. The first-order valence-electron chi connectivity index (χ1n) is 8.50. The minimum Gasteiger partial charge on any atom is -1.00 e. The van der Waals surface area contributed by atoms with Gasteiger partial charge in [-0.1, -0.05) is 0 Å². The van der Waals surface area contributed by atoms with Crippen molar-refractivity contribution in [3.05, 3.63) is 36.0 Å². The number of hydrogen-bond donors (Lipinski definition) is 1. The van der Waals surface area contributed by atoms with Crippen LogP contribution in [0.2, 0.25) is 0 Å². The van der Waals surface area contributed by atoms with E-state index >= 15 is 0 Å². The van der Waals surface area contributed by atoms with Crippen LogP contribution in [-0.4, -0.2) is 21.0 Å². The van der Waals surface area contributed by atoms with Crippen molar-refractivity contribution in [1.82, 2.24) is 0 Å². The monoisotopic (exact) mass is 480 g/mol. The van der Waals surface area contributed by atoms with E-state index in [1.807, 2.05) is 6.07 Å². The molecule has 1 aromatic heterocycles. The maximum absolute atomic E-state index is 6.31. The number of nitrogens with two attached hydrogens (primary N) is 1. The molecular weight excluding hydrogens is 461 g/mol. The van der Waals surface area contributed by atoms with Gasteiger partial charge in [-0.2, -0.15) is 4.57 Å². The summed E-state index contributed by atoms with van der Waals surface area (Å²) < 4.78 is 24.3. The van der Waals surface area contributed by atoms with E-state index in [0.717, 1.165) is 46.5 Å². The summed E-state index contributed by atoms with van der Waals surface area (Å²) in [6.45, 7) is 1.15. The molecule has 0 unspecified atom stereocenters. The predicted octanol–water partition coefficient (Wildman–Crippen LogP) is -0.317. The summed E-state index contributed by atoms with van der Waals surface area (Å²) in [4.78, 5) is 0. The second kappa shape index (κ2) is 6.63. The van der Waals surface area contributed by atoms with Crippen LogP contribution in [0.25, 0.3) is 22.0 Å². The maximum atomic E-state index is 6.31. The van der Waals surface area contributed by atoms with Gasteiger partial charge in [0.15, 0.2) is 35.7 Å². The van der Waals surface area contributed by atoms with Crippen molar-refractivity contribution in [2.45, 2.75) is 13.0 Å². The molecule has 2 N–H and O–H groups in total. The highest BCUT2D eigenvalue weighted by atomic mass is 127. The van der Waals surface area contributed by atoms with Gasteiger partial charge in [0.2, 0.25) is 12.5 Å². The Labute approximate surface area is 173 Å². The Morgan fingerprint density at radius 3 is 2.59 bits per heavy atom. The molecule has 0 aliphatic carbocycles. The number of pyridine rings is 1. The van der Waals surface area contributed by atoms with Crippen LogP contribution >= 0.6 is 0 Å². The summed E-state index contributed by atoms with van der Waals surface area (Å²) in [5.74, 6) is 2.95. The van der Waals surface area contributed by atoms with E-state index in [2.05, 4.69) is 29.0 Å².